The lowest BCUT2D eigenvalue weighted by Crippen LogP contribution is -2.39. The molecule has 1 aromatic rings. The topological polar surface area (TPSA) is 151 Å². The third-order valence-electron chi connectivity index (χ3n) is 2.34. The monoisotopic (exact) mass is 232 g/mol. The Kier molecular flexibility index (Phi) is 4.07. The highest BCUT2D eigenvalue weighted by molar-refractivity contribution is 5.57. The fraction of sp³-hybridized carbons (Fsp3) is 0.625. The van der Waals surface area contributed by atoms with E-state index in [4.69, 9.17) is 21.7 Å². The van der Waals surface area contributed by atoms with Gasteiger partial charge >= 0.3 is 0 Å². The second kappa shape index (κ2) is 5.12. The van der Waals surface area contributed by atoms with E-state index in [9.17, 15) is 10.2 Å². The van der Waals surface area contributed by atoms with Crippen LogP contribution in [0.2, 0.25) is 0 Å². The predicted molar refractivity (Wildman–Crippen MR) is 56.3 cm³/mol. The van der Waals surface area contributed by atoms with Crippen molar-refractivity contribution in [2.45, 2.75) is 18.2 Å². The SMILES string of the molecule is Nc1cnn(C(CO)C(O)C(O)CO)c1N. The number of anilines is 2. The fourth-order valence-electron chi connectivity index (χ4n) is 1.34. The number of nitrogens with two attached hydrogens (primary N) is 2. The van der Waals surface area contributed by atoms with E-state index in [0.29, 0.717) is 0 Å². The van der Waals surface area contributed by atoms with E-state index in [1.54, 1.807) is 0 Å². The highest BCUT2D eigenvalue weighted by Gasteiger charge is 2.29. The number of aliphatic hydroxyl groups excluding tert-OH is 4. The fourth-order valence-corrected chi connectivity index (χ4v) is 1.34. The van der Waals surface area contributed by atoms with Gasteiger partial charge in [0.2, 0.25) is 0 Å². The predicted octanol–water partition coefficient (Wildman–Crippen LogP) is -2.70. The summed E-state index contributed by atoms with van der Waals surface area (Å²) in [6, 6.07) is -0.959. The Morgan fingerprint density at radius 3 is 2.25 bits per heavy atom. The Morgan fingerprint density at radius 1 is 1.25 bits per heavy atom. The summed E-state index contributed by atoms with van der Waals surface area (Å²) in [5, 5.41) is 40.5. The zero-order valence-electron chi connectivity index (χ0n) is 8.56. The van der Waals surface area contributed by atoms with Gasteiger partial charge < -0.3 is 31.9 Å². The van der Waals surface area contributed by atoms with Gasteiger partial charge in [-0.15, -0.1) is 0 Å². The molecule has 0 aliphatic heterocycles. The molecule has 0 aliphatic carbocycles. The molecule has 3 unspecified atom stereocenters. The maximum Gasteiger partial charge on any atom is 0.145 e. The van der Waals surface area contributed by atoms with Crippen LogP contribution in [-0.2, 0) is 0 Å². The zero-order valence-corrected chi connectivity index (χ0v) is 8.56. The molecule has 92 valence electrons. The minimum Gasteiger partial charge on any atom is -0.394 e. The number of aliphatic hydroxyl groups is 4. The van der Waals surface area contributed by atoms with Crippen LogP contribution >= 0.6 is 0 Å². The summed E-state index contributed by atoms with van der Waals surface area (Å²) in [6.45, 7) is -1.13. The van der Waals surface area contributed by atoms with Crippen LogP contribution in [0, 0.1) is 0 Å². The smallest absolute Gasteiger partial charge is 0.145 e. The molecule has 8 nitrogen and oxygen atoms in total. The molecule has 1 heterocycles. The minimum absolute atomic E-state index is 0.0863. The van der Waals surface area contributed by atoms with Crippen molar-refractivity contribution in [3.63, 3.8) is 0 Å². The van der Waals surface area contributed by atoms with Gasteiger partial charge in [-0.3, -0.25) is 0 Å². The maximum absolute atomic E-state index is 9.64. The van der Waals surface area contributed by atoms with E-state index < -0.39 is 31.5 Å². The summed E-state index contributed by atoms with van der Waals surface area (Å²) >= 11 is 0. The van der Waals surface area contributed by atoms with Gasteiger partial charge in [-0.25, -0.2) is 4.68 Å². The van der Waals surface area contributed by atoms with Crippen molar-refractivity contribution in [2.75, 3.05) is 24.7 Å². The van der Waals surface area contributed by atoms with E-state index in [-0.39, 0.29) is 11.5 Å². The summed E-state index contributed by atoms with van der Waals surface area (Å²) in [7, 11) is 0. The maximum atomic E-state index is 9.64. The summed E-state index contributed by atoms with van der Waals surface area (Å²) < 4.78 is 1.11. The number of nitrogen functional groups attached to an aromatic ring is 2. The van der Waals surface area contributed by atoms with E-state index in [1.807, 2.05) is 0 Å². The average Bonchev–Trinajstić information content (AvgIpc) is 2.61. The van der Waals surface area contributed by atoms with Crippen molar-refractivity contribution in [2.24, 2.45) is 0 Å². The third kappa shape index (κ3) is 2.25. The lowest BCUT2D eigenvalue weighted by Gasteiger charge is -2.25. The molecule has 0 radical (unpaired) electrons. The molecular weight excluding hydrogens is 216 g/mol. The van der Waals surface area contributed by atoms with Crippen molar-refractivity contribution in [1.82, 2.24) is 9.78 Å². The Labute approximate surface area is 91.7 Å². The first-order valence-corrected chi connectivity index (χ1v) is 4.69. The van der Waals surface area contributed by atoms with Crippen LogP contribution < -0.4 is 11.5 Å². The second-order valence-electron chi connectivity index (χ2n) is 3.42. The van der Waals surface area contributed by atoms with E-state index in [2.05, 4.69) is 5.10 Å². The summed E-state index contributed by atoms with van der Waals surface area (Å²) in [5.74, 6) is 0.0863. The van der Waals surface area contributed by atoms with Gasteiger partial charge in [-0.2, -0.15) is 5.10 Å². The first-order chi connectivity index (χ1) is 7.52. The molecule has 8 heteroatoms. The zero-order chi connectivity index (χ0) is 12.3. The Bertz CT molecular complexity index is 343. The van der Waals surface area contributed by atoms with Crippen LogP contribution in [-0.4, -0.2) is 55.6 Å². The molecule has 16 heavy (non-hydrogen) atoms. The summed E-state index contributed by atoms with van der Waals surface area (Å²) in [6.07, 6.45) is -1.51. The molecule has 0 amide bonds. The number of nitrogens with zero attached hydrogens (tertiary/aromatic N) is 2. The number of rotatable bonds is 5. The third-order valence-corrected chi connectivity index (χ3v) is 2.34. The highest BCUT2D eigenvalue weighted by Crippen LogP contribution is 2.21. The average molecular weight is 232 g/mol. The van der Waals surface area contributed by atoms with Gasteiger partial charge in [0.25, 0.3) is 0 Å². The van der Waals surface area contributed by atoms with E-state index in [1.165, 1.54) is 6.20 Å². The van der Waals surface area contributed by atoms with Crippen LogP contribution in [0.25, 0.3) is 0 Å². The van der Waals surface area contributed by atoms with Crippen molar-refractivity contribution in [1.29, 1.82) is 0 Å². The quantitative estimate of drug-likeness (QED) is 0.323. The molecule has 1 aromatic heterocycles. The molecule has 3 atom stereocenters. The lowest BCUT2D eigenvalue weighted by atomic mass is 10.1. The van der Waals surface area contributed by atoms with Gasteiger partial charge in [0.15, 0.2) is 0 Å². The molecule has 0 aliphatic rings. The molecular formula is C8H16N4O4. The van der Waals surface area contributed by atoms with Crippen LogP contribution in [0.3, 0.4) is 0 Å². The normalized spacial score (nSPS) is 17.0. The van der Waals surface area contributed by atoms with E-state index in [0.717, 1.165) is 4.68 Å². The molecule has 0 spiro atoms. The molecule has 1 rings (SSSR count). The standard InChI is InChI=1S/C8H16N4O4/c9-4-1-11-12(8(4)10)5(2-13)7(16)6(15)3-14/h1,5-7,13-16H,2-3,9-10H2. The first kappa shape index (κ1) is 12.7. The van der Waals surface area contributed by atoms with Gasteiger partial charge in [0.05, 0.1) is 25.1 Å². The number of aromatic nitrogens is 2. The first-order valence-electron chi connectivity index (χ1n) is 4.69. The molecule has 0 saturated heterocycles. The van der Waals surface area contributed by atoms with Gasteiger partial charge in [0.1, 0.15) is 24.1 Å². The minimum atomic E-state index is -1.39. The lowest BCUT2D eigenvalue weighted by molar-refractivity contribution is -0.0519. The highest BCUT2D eigenvalue weighted by atomic mass is 16.4. The van der Waals surface area contributed by atoms with Crippen molar-refractivity contribution < 1.29 is 20.4 Å². The molecule has 0 fully saturated rings. The van der Waals surface area contributed by atoms with Crippen LogP contribution in [0.4, 0.5) is 11.5 Å². The number of hydrogen-bond acceptors (Lipinski definition) is 7. The summed E-state index contributed by atoms with van der Waals surface area (Å²) in [4.78, 5) is 0. The number of hydrogen-bond donors (Lipinski definition) is 6. The Balaban J connectivity index is 2.94. The van der Waals surface area contributed by atoms with Crippen LogP contribution in [0.1, 0.15) is 6.04 Å². The Morgan fingerprint density at radius 2 is 1.88 bits per heavy atom. The molecule has 0 aromatic carbocycles. The molecule has 0 bridgehead atoms. The Hall–Kier alpha value is -1.35. The van der Waals surface area contributed by atoms with Crippen LogP contribution in [0.5, 0.6) is 0 Å². The molecule has 0 saturated carbocycles. The largest absolute Gasteiger partial charge is 0.394 e. The second-order valence-corrected chi connectivity index (χ2v) is 3.42. The van der Waals surface area contributed by atoms with Crippen molar-refractivity contribution >= 4 is 11.5 Å². The van der Waals surface area contributed by atoms with Gasteiger partial charge in [-0.1, -0.05) is 0 Å². The molecule has 8 N–H and O–H groups in total. The van der Waals surface area contributed by atoms with E-state index >= 15 is 0 Å². The van der Waals surface area contributed by atoms with Crippen molar-refractivity contribution in [3.05, 3.63) is 6.20 Å². The summed E-state index contributed by atoms with van der Waals surface area (Å²) in [5.41, 5.74) is 11.2. The van der Waals surface area contributed by atoms with Crippen LogP contribution in [0.15, 0.2) is 6.20 Å². The van der Waals surface area contributed by atoms with Gasteiger partial charge in [0, 0.05) is 0 Å². The van der Waals surface area contributed by atoms with Crippen molar-refractivity contribution in [3.8, 4) is 0 Å². The van der Waals surface area contributed by atoms with Gasteiger partial charge in [-0.05, 0) is 0 Å².